The SMILES string of the molecule is c1cnnc(C2CCN2)c1. The first kappa shape index (κ1) is 5.80. The minimum absolute atomic E-state index is 0.466. The second kappa shape index (κ2) is 2.34. The molecule has 0 aliphatic carbocycles. The molecule has 0 aromatic carbocycles. The van der Waals surface area contributed by atoms with Crippen molar-refractivity contribution in [1.29, 1.82) is 0 Å². The Morgan fingerprint density at radius 1 is 1.60 bits per heavy atom. The second-order valence-electron chi connectivity index (χ2n) is 2.44. The van der Waals surface area contributed by atoms with E-state index in [1.165, 1.54) is 6.42 Å². The fourth-order valence-corrected chi connectivity index (χ4v) is 1.04. The van der Waals surface area contributed by atoms with Gasteiger partial charge in [-0.3, -0.25) is 0 Å². The number of nitrogens with zero attached hydrogens (tertiary/aromatic N) is 2. The minimum atomic E-state index is 0.466. The first-order valence-electron chi connectivity index (χ1n) is 3.48. The molecule has 2 heterocycles. The lowest BCUT2D eigenvalue weighted by molar-refractivity contribution is 0.372. The standard InChI is InChI=1S/C7H9N3/c1-2-7(10-9-4-1)6-3-5-8-6/h1-2,4,6,8H,3,5H2. The van der Waals surface area contributed by atoms with Gasteiger partial charge in [-0.25, -0.2) is 0 Å². The third kappa shape index (κ3) is 0.885. The fourth-order valence-electron chi connectivity index (χ4n) is 1.04. The van der Waals surface area contributed by atoms with Crippen LogP contribution in [0.2, 0.25) is 0 Å². The average Bonchev–Trinajstić information content (AvgIpc) is 1.86. The van der Waals surface area contributed by atoms with Crippen LogP contribution in [0.3, 0.4) is 0 Å². The molecule has 0 amide bonds. The van der Waals surface area contributed by atoms with Gasteiger partial charge in [0.05, 0.1) is 11.7 Å². The Hall–Kier alpha value is -0.960. The van der Waals surface area contributed by atoms with E-state index in [0.29, 0.717) is 6.04 Å². The topological polar surface area (TPSA) is 37.8 Å². The Labute approximate surface area is 59.5 Å². The minimum Gasteiger partial charge on any atom is -0.308 e. The number of nitrogens with one attached hydrogen (secondary N) is 1. The van der Waals surface area contributed by atoms with Crippen LogP contribution >= 0.6 is 0 Å². The van der Waals surface area contributed by atoms with Crippen molar-refractivity contribution in [3.05, 3.63) is 24.0 Å². The van der Waals surface area contributed by atoms with Gasteiger partial charge in [0.15, 0.2) is 0 Å². The lowest BCUT2D eigenvalue weighted by atomic mass is 10.0. The van der Waals surface area contributed by atoms with E-state index in [9.17, 15) is 0 Å². The van der Waals surface area contributed by atoms with Crippen LogP contribution in [0.1, 0.15) is 18.2 Å². The lowest BCUT2D eigenvalue weighted by Crippen LogP contribution is -2.35. The molecule has 0 spiro atoms. The van der Waals surface area contributed by atoms with Gasteiger partial charge >= 0.3 is 0 Å². The second-order valence-corrected chi connectivity index (χ2v) is 2.44. The molecule has 10 heavy (non-hydrogen) atoms. The third-order valence-electron chi connectivity index (χ3n) is 1.77. The Kier molecular flexibility index (Phi) is 1.36. The smallest absolute Gasteiger partial charge is 0.0800 e. The molecule has 1 saturated heterocycles. The van der Waals surface area contributed by atoms with Gasteiger partial charge in [-0.15, -0.1) is 0 Å². The van der Waals surface area contributed by atoms with Gasteiger partial charge in [-0.05, 0) is 25.1 Å². The van der Waals surface area contributed by atoms with Crippen molar-refractivity contribution in [2.75, 3.05) is 6.54 Å². The van der Waals surface area contributed by atoms with Crippen molar-refractivity contribution in [1.82, 2.24) is 15.5 Å². The normalized spacial score (nSPS) is 23.8. The van der Waals surface area contributed by atoms with Crippen LogP contribution in [0.5, 0.6) is 0 Å². The predicted molar refractivity (Wildman–Crippen MR) is 37.4 cm³/mol. The lowest BCUT2D eigenvalue weighted by Gasteiger charge is -2.26. The number of rotatable bonds is 1. The highest BCUT2D eigenvalue weighted by Crippen LogP contribution is 2.18. The maximum Gasteiger partial charge on any atom is 0.0800 e. The molecule has 0 saturated carbocycles. The van der Waals surface area contributed by atoms with E-state index >= 15 is 0 Å². The van der Waals surface area contributed by atoms with Gasteiger partial charge < -0.3 is 5.32 Å². The van der Waals surface area contributed by atoms with Gasteiger partial charge in [0.1, 0.15) is 0 Å². The van der Waals surface area contributed by atoms with E-state index in [1.807, 2.05) is 12.1 Å². The molecule has 3 nitrogen and oxygen atoms in total. The predicted octanol–water partition coefficient (Wildman–Crippen LogP) is 0.511. The molecule has 1 unspecified atom stereocenters. The van der Waals surface area contributed by atoms with Crippen LogP contribution in [-0.4, -0.2) is 16.7 Å². The summed E-state index contributed by atoms with van der Waals surface area (Å²) in [5, 5.41) is 11.0. The molecular formula is C7H9N3. The molecule has 1 aromatic heterocycles. The molecule has 1 atom stereocenters. The molecule has 1 aliphatic rings. The van der Waals surface area contributed by atoms with Crippen molar-refractivity contribution >= 4 is 0 Å². The Bertz CT molecular complexity index is 205. The van der Waals surface area contributed by atoms with Gasteiger partial charge in [0.2, 0.25) is 0 Å². The van der Waals surface area contributed by atoms with Crippen molar-refractivity contribution in [2.24, 2.45) is 0 Å². The number of hydrogen-bond donors (Lipinski definition) is 1. The largest absolute Gasteiger partial charge is 0.308 e. The summed E-state index contributed by atoms with van der Waals surface area (Å²) in [5.41, 5.74) is 1.06. The first-order chi connectivity index (χ1) is 4.97. The highest BCUT2D eigenvalue weighted by Gasteiger charge is 2.19. The van der Waals surface area contributed by atoms with Crippen LogP contribution in [0.4, 0.5) is 0 Å². The Balaban J connectivity index is 2.18. The van der Waals surface area contributed by atoms with Crippen molar-refractivity contribution in [3.63, 3.8) is 0 Å². The summed E-state index contributed by atoms with van der Waals surface area (Å²) in [5.74, 6) is 0. The Morgan fingerprint density at radius 3 is 3.00 bits per heavy atom. The number of aromatic nitrogens is 2. The van der Waals surface area contributed by atoms with Crippen molar-refractivity contribution in [3.8, 4) is 0 Å². The molecule has 1 fully saturated rings. The van der Waals surface area contributed by atoms with Crippen molar-refractivity contribution in [2.45, 2.75) is 12.5 Å². The molecule has 0 bridgehead atoms. The summed E-state index contributed by atoms with van der Waals surface area (Å²) in [6.07, 6.45) is 2.89. The van der Waals surface area contributed by atoms with Gasteiger partial charge in [-0.1, -0.05) is 0 Å². The quantitative estimate of drug-likeness (QED) is 0.609. The summed E-state index contributed by atoms with van der Waals surface area (Å²) in [6.45, 7) is 1.11. The third-order valence-corrected chi connectivity index (χ3v) is 1.77. The van der Waals surface area contributed by atoms with Crippen molar-refractivity contribution < 1.29 is 0 Å². The maximum absolute atomic E-state index is 3.99. The van der Waals surface area contributed by atoms with Crippen LogP contribution in [0.15, 0.2) is 18.3 Å². The summed E-state index contributed by atoms with van der Waals surface area (Å²) in [4.78, 5) is 0. The zero-order chi connectivity index (χ0) is 6.81. The van der Waals surface area contributed by atoms with E-state index in [-0.39, 0.29) is 0 Å². The highest BCUT2D eigenvalue weighted by molar-refractivity contribution is 5.07. The molecule has 1 aromatic rings. The molecule has 1 N–H and O–H groups in total. The van der Waals surface area contributed by atoms with Gasteiger partial charge in [-0.2, -0.15) is 10.2 Å². The molecule has 52 valence electrons. The summed E-state index contributed by atoms with van der Waals surface area (Å²) < 4.78 is 0. The monoisotopic (exact) mass is 135 g/mol. The van der Waals surface area contributed by atoms with Crippen LogP contribution in [0.25, 0.3) is 0 Å². The van der Waals surface area contributed by atoms with E-state index in [2.05, 4.69) is 15.5 Å². The van der Waals surface area contributed by atoms with Crippen LogP contribution in [-0.2, 0) is 0 Å². The maximum atomic E-state index is 3.99. The zero-order valence-electron chi connectivity index (χ0n) is 5.62. The molecule has 3 heteroatoms. The van der Waals surface area contributed by atoms with E-state index in [1.54, 1.807) is 6.20 Å². The van der Waals surface area contributed by atoms with Crippen LogP contribution < -0.4 is 5.32 Å². The zero-order valence-corrected chi connectivity index (χ0v) is 5.62. The van der Waals surface area contributed by atoms with Crippen LogP contribution in [0, 0.1) is 0 Å². The highest BCUT2D eigenvalue weighted by atomic mass is 15.1. The van der Waals surface area contributed by atoms with E-state index in [4.69, 9.17) is 0 Å². The summed E-state index contributed by atoms with van der Waals surface area (Å²) >= 11 is 0. The summed E-state index contributed by atoms with van der Waals surface area (Å²) in [6, 6.07) is 4.39. The van der Waals surface area contributed by atoms with E-state index < -0.39 is 0 Å². The molecule has 2 rings (SSSR count). The van der Waals surface area contributed by atoms with E-state index in [0.717, 1.165) is 12.2 Å². The molecule has 0 radical (unpaired) electrons. The summed E-state index contributed by atoms with van der Waals surface area (Å²) in [7, 11) is 0. The first-order valence-corrected chi connectivity index (χ1v) is 3.48. The molecule has 1 aliphatic heterocycles. The Morgan fingerprint density at radius 2 is 2.50 bits per heavy atom. The van der Waals surface area contributed by atoms with Gasteiger partial charge in [0, 0.05) is 6.20 Å². The fraction of sp³-hybridized carbons (Fsp3) is 0.429. The van der Waals surface area contributed by atoms with Gasteiger partial charge in [0.25, 0.3) is 0 Å². The molecular weight excluding hydrogens is 126 g/mol. The number of hydrogen-bond acceptors (Lipinski definition) is 3. The average molecular weight is 135 g/mol.